The minimum atomic E-state index is 0. The van der Waals surface area contributed by atoms with Gasteiger partial charge < -0.3 is 10.6 Å². The third-order valence-electron chi connectivity index (χ3n) is 18.7. The Labute approximate surface area is 546 Å². The maximum atomic E-state index is 4.79. The smallest absolute Gasteiger partial charge is 0.662 e. The van der Waals surface area contributed by atoms with Gasteiger partial charge in [-0.15, -0.1) is 26.2 Å². The van der Waals surface area contributed by atoms with Crippen LogP contribution in [0.2, 0.25) is 0 Å². The van der Waals surface area contributed by atoms with Crippen molar-refractivity contribution in [1.29, 1.82) is 0 Å². The van der Waals surface area contributed by atoms with E-state index in [0.29, 0.717) is 0 Å². The van der Waals surface area contributed by atoms with Gasteiger partial charge in [0, 0.05) is 0 Å². The van der Waals surface area contributed by atoms with Crippen LogP contribution in [-0.4, -0.2) is 49.2 Å². The number of hydrogen-bond donors (Lipinski definition) is 0. The second kappa shape index (κ2) is 89.1. The van der Waals surface area contributed by atoms with Crippen LogP contribution in [0.1, 0.15) is 490 Å². The van der Waals surface area contributed by atoms with Gasteiger partial charge in [0.25, 0.3) is 0 Å². The zero-order valence-electron chi connectivity index (χ0n) is 59.3. The molecule has 0 aliphatic carbocycles. The van der Waals surface area contributed by atoms with Crippen LogP contribution in [0.4, 0.5) is 0 Å². The quantitative estimate of drug-likeness (QED) is 0.0429. The third kappa shape index (κ3) is 91.5. The molecule has 3 heteroatoms. The van der Waals surface area contributed by atoms with E-state index in [1.807, 2.05) is 0 Å². The first kappa shape index (κ1) is 87.9. The minimum Gasteiger partial charge on any atom is -0.662 e. The molecule has 0 rings (SSSR count). The first-order chi connectivity index (χ1) is 40.8. The van der Waals surface area contributed by atoms with Crippen molar-refractivity contribution in [1.82, 2.24) is 0 Å². The van der Waals surface area contributed by atoms with Gasteiger partial charge in [0.2, 0.25) is 0 Å². The van der Waals surface area contributed by atoms with Crippen molar-refractivity contribution in [2.24, 2.45) is 0 Å². The summed E-state index contributed by atoms with van der Waals surface area (Å²) in [4.78, 5) is 0. The largest absolute Gasteiger partial charge is 2.00 e. The SMILES string of the molecule is CCCCCCCCCCCCCCCCCCCC[N-]CCCCCCCCCCCCCCCCCCCC.CCCCCCCCCCCCCCCCCCCC[N-]CCCCCCCCCCCCCCCCCCCC.[Mg+2]. The molecule has 0 aromatic rings. The van der Waals surface area contributed by atoms with Crippen LogP contribution in [0.3, 0.4) is 0 Å². The summed E-state index contributed by atoms with van der Waals surface area (Å²) in [7, 11) is 0. The maximum absolute atomic E-state index is 4.79. The number of rotatable bonds is 76. The summed E-state index contributed by atoms with van der Waals surface area (Å²) in [6, 6.07) is 0. The van der Waals surface area contributed by atoms with Gasteiger partial charge in [0.1, 0.15) is 0 Å². The molecule has 0 aliphatic heterocycles. The molecule has 0 saturated carbocycles. The van der Waals surface area contributed by atoms with Crippen molar-refractivity contribution in [3.63, 3.8) is 0 Å². The van der Waals surface area contributed by atoms with Crippen molar-refractivity contribution in [2.75, 3.05) is 26.2 Å². The summed E-state index contributed by atoms with van der Waals surface area (Å²) in [5.74, 6) is 0. The summed E-state index contributed by atoms with van der Waals surface area (Å²) in [6.07, 6.45) is 105. The number of unbranched alkanes of at least 4 members (excludes halogenated alkanes) is 68. The van der Waals surface area contributed by atoms with Gasteiger partial charge in [-0.05, 0) is 0 Å². The average molecular weight is 1180 g/mol. The maximum Gasteiger partial charge on any atom is 2.00 e. The predicted octanol–water partition coefficient (Wildman–Crippen LogP) is 30.5. The Bertz CT molecular complexity index is 848. The first-order valence-corrected chi connectivity index (χ1v) is 40.1. The molecule has 0 atom stereocenters. The predicted molar refractivity (Wildman–Crippen MR) is 387 cm³/mol. The van der Waals surface area contributed by atoms with Crippen LogP contribution in [-0.2, 0) is 0 Å². The standard InChI is InChI=1S/2C40H82N.Mg/c2*1-3-5-7-9-11-13-15-17-19-21-23-25-27-29-31-33-35-37-39-41-40-38-36-34-32-30-28-26-24-22-20-18-16-14-12-10-8-6-4-2;/h2*3-40H2,1-2H3;/q2*-1;+2. The van der Waals surface area contributed by atoms with Crippen molar-refractivity contribution in [3.05, 3.63) is 10.6 Å². The van der Waals surface area contributed by atoms with Crippen molar-refractivity contribution < 1.29 is 0 Å². The van der Waals surface area contributed by atoms with E-state index in [0.717, 1.165) is 26.2 Å². The molecule has 0 amide bonds. The fraction of sp³-hybridized carbons (Fsp3) is 1.00. The molecule has 83 heavy (non-hydrogen) atoms. The van der Waals surface area contributed by atoms with Gasteiger partial charge in [-0.25, -0.2) is 0 Å². The van der Waals surface area contributed by atoms with Gasteiger partial charge >= 0.3 is 23.1 Å². The van der Waals surface area contributed by atoms with Gasteiger partial charge in [-0.2, -0.15) is 0 Å². The Morgan fingerprint density at radius 1 is 0.108 bits per heavy atom. The first-order valence-electron chi connectivity index (χ1n) is 40.1. The molecule has 0 bridgehead atoms. The molecule has 0 aromatic heterocycles. The Kier molecular flexibility index (Phi) is 94.4. The Hall–Kier alpha value is 0.686. The Morgan fingerprint density at radius 3 is 0.265 bits per heavy atom. The van der Waals surface area contributed by atoms with E-state index in [1.54, 1.807) is 0 Å². The molecule has 496 valence electrons. The zero-order valence-corrected chi connectivity index (χ0v) is 60.8. The Morgan fingerprint density at radius 2 is 0.181 bits per heavy atom. The fourth-order valence-corrected chi connectivity index (χ4v) is 12.7. The molecule has 0 spiro atoms. The van der Waals surface area contributed by atoms with E-state index < -0.39 is 0 Å². The zero-order chi connectivity index (χ0) is 59.2. The van der Waals surface area contributed by atoms with Crippen molar-refractivity contribution >= 4 is 23.1 Å². The molecule has 0 aromatic carbocycles. The molecule has 0 fully saturated rings. The molecule has 0 aliphatic rings. The Balaban J connectivity index is -0.00000152. The number of nitrogens with zero attached hydrogens (tertiary/aromatic N) is 2. The van der Waals surface area contributed by atoms with Crippen molar-refractivity contribution in [2.45, 2.75) is 490 Å². The molecule has 0 heterocycles. The second-order valence-corrected chi connectivity index (χ2v) is 27.4. The molecule has 0 N–H and O–H groups in total. The fourth-order valence-electron chi connectivity index (χ4n) is 12.7. The van der Waals surface area contributed by atoms with Crippen LogP contribution in [0.15, 0.2) is 0 Å². The van der Waals surface area contributed by atoms with E-state index in [-0.39, 0.29) is 23.1 Å². The summed E-state index contributed by atoms with van der Waals surface area (Å²) in [6.45, 7) is 13.7. The minimum absolute atomic E-state index is 0. The number of hydrogen-bond acceptors (Lipinski definition) is 0. The normalized spacial score (nSPS) is 11.4. The van der Waals surface area contributed by atoms with E-state index >= 15 is 0 Å². The summed E-state index contributed by atoms with van der Waals surface area (Å²) < 4.78 is 0. The van der Waals surface area contributed by atoms with Gasteiger partial charge in [0.05, 0.1) is 0 Å². The van der Waals surface area contributed by atoms with Crippen molar-refractivity contribution in [3.8, 4) is 0 Å². The van der Waals surface area contributed by atoms with E-state index in [1.165, 1.54) is 462 Å². The molecular formula is C80H164MgN2. The molecular weight excluding hydrogens is 1010 g/mol. The van der Waals surface area contributed by atoms with E-state index in [9.17, 15) is 0 Å². The second-order valence-electron chi connectivity index (χ2n) is 27.4. The van der Waals surface area contributed by atoms with Crippen LogP contribution in [0.5, 0.6) is 0 Å². The van der Waals surface area contributed by atoms with Gasteiger partial charge in [0.15, 0.2) is 0 Å². The topological polar surface area (TPSA) is 28.2 Å². The molecule has 2 nitrogen and oxygen atoms in total. The third-order valence-corrected chi connectivity index (χ3v) is 18.7. The van der Waals surface area contributed by atoms with E-state index in [2.05, 4.69) is 27.7 Å². The summed E-state index contributed by atoms with van der Waals surface area (Å²) in [5, 5.41) is 9.59. The van der Waals surface area contributed by atoms with E-state index in [4.69, 9.17) is 10.6 Å². The summed E-state index contributed by atoms with van der Waals surface area (Å²) in [5.41, 5.74) is 0. The monoisotopic (exact) mass is 1180 g/mol. The van der Waals surface area contributed by atoms with Crippen LogP contribution in [0.25, 0.3) is 10.6 Å². The van der Waals surface area contributed by atoms with Gasteiger partial charge in [-0.3, -0.25) is 0 Å². The molecule has 0 unspecified atom stereocenters. The van der Waals surface area contributed by atoms with Crippen LogP contribution >= 0.6 is 0 Å². The molecule has 0 radical (unpaired) electrons. The van der Waals surface area contributed by atoms with Crippen LogP contribution < -0.4 is 0 Å². The molecule has 0 saturated heterocycles. The van der Waals surface area contributed by atoms with Crippen LogP contribution in [0, 0.1) is 0 Å². The van der Waals surface area contributed by atoms with Gasteiger partial charge in [-0.1, -0.05) is 490 Å². The summed E-state index contributed by atoms with van der Waals surface area (Å²) >= 11 is 0. The average Bonchev–Trinajstić information content (AvgIpc) is 3.49.